The van der Waals surface area contributed by atoms with Crippen molar-refractivity contribution in [3.05, 3.63) is 83.9 Å². The van der Waals surface area contributed by atoms with E-state index in [2.05, 4.69) is 5.32 Å². The van der Waals surface area contributed by atoms with Crippen LogP contribution >= 0.6 is 0 Å². The molecular weight excluding hydrogens is 492 g/mol. The SMILES string of the molecule is CNC(=O)[C@@H](Cc1ccccc1)N(C)C(=O)[C@H](Cc1ccc2ccccc2c1)N(C)C(=O)COCC(C)(C)N. The fourth-order valence-electron chi connectivity index (χ4n) is 4.45. The fraction of sp³-hybridized carbons (Fsp3) is 0.387. The van der Waals surface area contributed by atoms with Crippen molar-refractivity contribution in [3.8, 4) is 0 Å². The summed E-state index contributed by atoms with van der Waals surface area (Å²) in [6, 6.07) is 21.9. The van der Waals surface area contributed by atoms with Gasteiger partial charge < -0.3 is 25.6 Å². The number of ether oxygens (including phenoxy) is 1. The first-order chi connectivity index (χ1) is 18.5. The normalized spacial score (nSPS) is 13.0. The van der Waals surface area contributed by atoms with Gasteiger partial charge in [0.05, 0.1) is 6.61 Å². The molecular formula is C31H40N4O4. The minimum atomic E-state index is -0.846. The van der Waals surface area contributed by atoms with Crippen LogP contribution in [0.5, 0.6) is 0 Å². The topological polar surface area (TPSA) is 105 Å². The molecule has 0 aromatic heterocycles. The van der Waals surface area contributed by atoms with Crippen molar-refractivity contribution < 1.29 is 19.1 Å². The van der Waals surface area contributed by atoms with Gasteiger partial charge in [-0.25, -0.2) is 0 Å². The van der Waals surface area contributed by atoms with E-state index in [9.17, 15) is 14.4 Å². The van der Waals surface area contributed by atoms with Crippen molar-refractivity contribution in [2.24, 2.45) is 5.73 Å². The van der Waals surface area contributed by atoms with E-state index >= 15 is 0 Å². The minimum absolute atomic E-state index is 0.200. The Morgan fingerprint density at radius 2 is 1.46 bits per heavy atom. The second kappa shape index (κ2) is 13.4. The zero-order valence-corrected chi connectivity index (χ0v) is 23.5. The monoisotopic (exact) mass is 532 g/mol. The maximum Gasteiger partial charge on any atom is 0.249 e. The summed E-state index contributed by atoms with van der Waals surface area (Å²) in [6.07, 6.45) is 0.627. The van der Waals surface area contributed by atoms with Crippen LogP contribution in [0, 0.1) is 0 Å². The van der Waals surface area contributed by atoms with Gasteiger partial charge in [0.15, 0.2) is 0 Å². The van der Waals surface area contributed by atoms with Gasteiger partial charge in [-0.2, -0.15) is 0 Å². The minimum Gasteiger partial charge on any atom is -0.370 e. The number of carbonyl (C=O) groups is 3. The summed E-state index contributed by atoms with van der Waals surface area (Å²) in [7, 11) is 4.77. The standard InChI is InChI=1S/C31H40N4O4/c1-31(2,32)21-39-20-28(36)34(4)27(19-23-15-16-24-13-9-10-14-25(24)17-23)30(38)35(5)26(29(37)33-3)18-22-11-7-6-8-12-22/h6-17,26-27H,18-21,32H2,1-5H3,(H,33,37)/t26-,27+/m1/s1. The third kappa shape index (κ3) is 8.37. The Bertz CT molecular complexity index is 1270. The van der Waals surface area contributed by atoms with Gasteiger partial charge in [0.2, 0.25) is 17.7 Å². The third-order valence-electron chi connectivity index (χ3n) is 6.72. The smallest absolute Gasteiger partial charge is 0.249 e. The number of nitrogens with one attached hydrogen (secondary N) is 1. The molecule has 39 heavy (non-hydrogen) atoms. The van der Waals surface area contributed by atoms with Crippen molar-refractivity contribution in [1.82, 2.24) is 15.1 Å². The lowest BCUT2D eigenvalue weighted by Crippen LogP contribution is -2.56. The molecule has 0 aliphatic carbocycles. The van der Waals surface area contributed by atoms with Crippen LogP contribution in [0.4, 0.5) is 0 Å². The summed E-state index contributed by atoms with van der Waals surface area (Å²) in [4.78, 5) is 43.0. The van der Waals surface area contributed by atoms with Gasteiger partial charge >= 0.3 is 0 Å². The zero-order valence-electron chi connectivity index (χ0n) is 23.5. The molecule has 8 heteroatoms. The van der Waals surface area contributed by atoms with Crippen LogP contribution in [0.25, 0.3) is 10.8 Å². The van der Waals surface area contributed by atoms with E-state index in [0.717, 1.165) is 21.9 Å². The molecule has 0 fully saturated rings. The van der Waals surface area contributed by atoms with Crippen LogP contribution < -0.4 is 11.1 Å². The summed E-state index contributed by atoms with van der Waals surface area (Å²) in [5.41, 5.74) is 7.23. The summed E-state index contributed by atoms with van der Waals surface area (Å²) in [5, 5.41) is 4.81. The number of carbonyl (C=O) groups excluding carboxylic acids is 3. The number of fused-ring (bicyclic) bond motifs is 1. The number of hydrogen-bond acceptors (Lipinski definition) is 5. The lowest BCUT2D eigenvalue weighted by Gasteiger charge is -2.34. The summed E-state index contributed by atoms with van der Waals surface area (Å²) < 4.78 is 5.56. The maximum atomic E-state index is 14.0. The number of benzene rings is 3. The highest BCUT2D eigenvalue weighted by Crippen LogP contribution is 2.20. The molecule has 3 rings (SSSR count). The molecule has 0 radical (unpaired) electrons. The number of likely N-dealkylation sites (N-methyl/N-ethyl adjacent to an activating group) is 3. The van der Waals surface area contributed by atoms with E-state index in [4.69, 9.17) is 10.5 Å². The predicted octanol–water partition coefficient (Wildman–Crippen LogP) is 2.78. The van der Waals surface area contributed by atoms with Crippen LogP contribution in [0.1, 0.15) is 25.0 Å². The zero-order chi connectivity index (χ0) is 28.6. The second-order valence-electron chi connectivity index (χ2n) is 10.7. The summed E-state index contributed by atoms with van der Waals surface area (Å²) in [5.74, 6) is -0.948. The molecule has 2 atom stereocenters. The van der Waals surface area contributed by atoms with E-state index in [-0.39, 0.29) is 37.4 Å². The molecule has 3 aromatic carbocycles. The average molecular weight is 533 g/mol. The molecule has 0 heterocycles. The number of nitrogens with zero attached hydrogens (tertiary/aromatic N) is 2. The van der Waals surface area contributed by atoms with Gasteiger partial charge in [-0.05, 0) is 35.7 Å². The number of amides is 3. The predicted molar refractivity (Wildman–Crippen MR) is 154 cm³/mol. The molecule has 0 saturated carbocycles. The van der Waals surface area contributed by atoms with Crippen molar-refractivity contribution in [1.29, 1.82) is 0 Å². The molecule has 3 aromatic rings. The largest absolute Gasteiger partial charge is 0.370 e. The first kappa shape index (κ1) is 29.8. The van der Waals surface area contributed by atoms with Crippen molar-refractivity contribution >= 4 is 28.5 Å². The molecule has 3 amide bonds. The lowest BCUT2D eigenvalue weighted by atomic mass is 9.98. The van der Waals surface area contributed by atoms with Gasteiger partial charge in [0.25, 0.3) is 0 Å². The first-order valence-electron chi connectivity index (χ1n) is 13.1. The number of rotatable bonds is 12. The van der Waals surface area contributed by atoms with Crippen LogP contribution in [0.3, 0.4) is 0 Å². The van der Waals surface area contributed by atoms with Crippen molar-refractivity contribution in [2.45, 2.75) is 44.3 Å². The van der Waals surface area contributed by atoms with Crippen LogP contribution in [0.2, 0.25) is 0 Å². The van der Waals surface area contributed by atoms with E-state index in [1.54, 1.807) is 21.1 Å². The molecule has 0 aliphatic rings. The number of hydrogen-bond donors (Lipinski definition) is 2. The van der Waals surface area contributed by atoms with Gasteiger partial charge in [-0.3, -0.25) is 14.4 Å². The first-order valence-corrected chi connectivity index (χ1v) is 13.1. The molecule has 0 bridgehead atoms. The maximum absolute atomic E-state index is 14.0. The van der Waals surface area contributed by atoms with Gasteiger partial charge in [-0.1, -0.05) is 72.8 Å². The van der Waals surface area contributed by atoms with Crippen molar-refractivity contribution in [2.75, 3.05) is 34.4 Å². The Balaban J connectivity index is 1.89. The highest BCUT2D eigenvalue weighted by Gasteiger charge is 2.35. The highest BCUT2D eigenvalue weighted by molar-refractivity contribution is 5.92. The number of nitrogens with two attached hydrogens (primary N) is 1. The van der Waals surface area contributed by atoms with E-state index in [1.165, 1.54) is 9.80 Å². The Kier molecular flexibility index (Phi) is 10.2. The van der Waals surface area contributed by atoms with Gasteiger partial charge in [0.1, 0.15) is 18.7 Å². The molecule has 0 spiro atoms. The Hall–Kier alpha value is -3.75. The Morgan fingerprint density at radius 1 is 0.846 bits per heavy atom. The van der Waals surface area contributed by atoms with E-state index in [1.807, 2.05) is 86.6 Å². The Morgan fingerprint density at radius 3 is 2.10 bits per heavy atom. The van der Waals surface area contributed by atoms with E-state index < -0.39 is 17.6 Å². The van der Waals surface area contributed by atoms with Gasteiger partial charge in [-0.15, -0.1) is 0 Å². The van der Waals surface area contributed by atoms with Gasteiger partial charge in [0, 0.05) is 39.5 Å². The Labute approximate surface area is 231 Å². The second-order valence-corrected chi connectivity index (χ2v) is 10.7. The molecule has 3 N–H and O–H groups in total. The van der Waals surface area contributed by atoms with Crippen molar-refractivity contribution in [3.63, 3.8) is 0 Å². The fourth-order valence-corrected chi connectivity index (χ4v) is 4.45. The van der Waals surface area contributed by atoms with E-state index in [0.29, 0.717) is 6.42 Å². The van der Waals surface area contributed by atoms with Crippen LogP contribution in [-0.4, -0.2) is 79.5 Å². The van der Waals surface area contributed by atoms with Crippen LogP contribution in [0.15, 0.2) is 72.8 Å². The lowest BCUT2D eigenvalue weighted by molar-refractivity contribution is -0.149. The molecule has 208 valence electrons. The average Bonchev–Trinajstić information content (AvgIpc) is 2.92. The quantitative estimate of drug-likeness (QED) is 0.373. The molecule has 0 unspecified atom stereocenters. The third-order valence-corrected chi connectivity index (χ3v) is 6.72. The summed E-state index contributed by atoms with van der Waals surface area (Å²) >= 11 is 0. The highest BCUT2D eigenvalue weighted by atomic mass is 16.5. The van der Waals surface area contributed by atoms with Crippen LogP contribution in [-0.2, 0) is 32.0 Å². The molecule has 0 saturated heterocycles. The molecule has 8 nitrogen and oxygen atoms in total. The molecule has 0 aliphatic heterocycles. The summed E-state index contributed by atoms with van der Waals surface area (Å²) in [6.45, 7) is 3.62.